The Morgan fingerprint density at radius 2 is 0.969 bits per heavy atom. The molecule has 0 bridgehead atoms. The summed E-state index contributed by atoms with van der Waals surface area (Å²) in [6.07, 6.45) is -15.0. The van der Waals surface area contributed by atoms with E-state index < -0.39 is 153 Å². The molecule has 0 saturated carbocycles. The van der Waals surface area contributed by atoms with Crippen LogP contribution in [-0.4, -0.2) is 191 Å². The van der Waals surface area contributed by atoms with E-state index in [1.807, 2.05) is 20.8 Å². The number of hydrogen-bond acceptors (Lipinski definition) is 26. The Hall–Kier alpha value is -5.50. The number of aliphatic hydroxyl groups is 4. The molecule has 3 unspecified atom stereocenters. The van der Waals surface area contributed by atoms with Crippen LogP contribution in [0.25, 0.3) is 0 Å². The van der Waals surface area contributed by atoms with Crippen molar-refractivity contribution in [3.63, 3.8) is 0 Å². The molecule has 3 aliphatic rings. The molecule has 3 amide bonds. The average molecular weight is 1810 g/mol. The third-order valence-corrected chi connectivity index (χ3v) is 16.3. The Bertz CT molecular complexity index is 3650. The lowest BCUT2D eigenvalue weighted by Gasteiger charge is -2.26. The SMILES string of the molecule is CCCCOC(=O)Nc1nc(=O)n([C@@H]2O[C@H](CO)C(O)C2(F)F)cc1I.CCCCOC(=O)Nc1nc(=O)n([C@@H]2O[C@H](CO)C(OC(=O)OC(C)(C)C)C2(F)F)cc1I.CCCCOC(=O)Nc1nc(=O)n([C@@H]2O[C@H](COC(=O)COc3nc(Cl)c(Cl)cc3Cl)C(O)C2(F)F)cc1I. The molecule has 0 radical (unpaired) electrons. The second-order valence-corrected chi connectivity index (χ2v) is 26.3. The van der Waals surface area contributed by atoms with Crippen LogP contribution in [0.3, 0.4) is 0 Å². The first-order valence-electron chi connectivity index (χ1n) is 28.9. The monoisotopic (exact) mass is 1800 g/mol. The van der Waals surface area contributed by atoms with Crippen molar-refractivity contribution in [1.29, 1.82) is 0 Å². The highest BCUT2D eigenvalue weighted by atomic mass is 127. The van der Waals surface area contributed by atoms with Crippen LogP contribution in [0.4, 0.5) is 63.0 Å². The van der Waals surface area contributed by atoms with Crippen molar-refractivity contribution in [3.8, 4) is 5.88 Å². The largest absolute Gasteiger partial charge is 0.509 e. The van der Waals surface area contributed by atoms with Gasteiger partial charge in [-0.3, -0.25) is 29.7 Å². The molecule has 4 aromatic heterocycles. The zero-order valence-corrected chi connectivity index (χ0v) is 60.7. The van der Waals surface area contributed by atoms with Gasteiger partial charge < -0.3 is 67.8 Å². The zero-order valence-electron chi connectivity index (χ0n) is 52.0. The van der Waals surface area contributed by atoms with Crippen molar-refractivity contribution in [3.05, 3.63) is 82.0 Å². The molecule has 4 aromatic rings. The van der Waals surface area contributed by atoms with Gasteiger partial charge in [0, 0.05) is 18.6 Å². The molecule has 44 heteroatoms. The number of carbonyl (C=O) groups is 5. The summed E-state index contributed by atoms with van der Waals surface area (Å²) in [5.74, 6) is -13.5. The Morgan fingerprint density at radius 1 is 0.592 bits per heavy atom. The number of esters is 1. The average Bonchev–Trinajstić information content (AvgIpc) is 1.61. The number of amides is 3. The molecule has 32 nitrogen and oxygen atoms in total. The molecular formula is C54H64Cl3F6I3N10O22. The van der Waals surface area contributed by atoms with E-state index in [0.717, 1.165) is 37.9 Å². The standard InChI is InChI=1S/C21H20Cl3F2IN4O8.C19H26F2IN3O8.C14H18F2IN3O6/c1-2-3-4-36-20(35)30-16-11(27)6-31(19(34)29-16)18-21(25,26)14(33)12(39-18)7-37-13(32)8-38-17-10(23)5-9(22)15(24)28-17;1-5-6-7-30-16(28)24-13-10(22)8-25(15(27)23-13)14-19(20,21)12(11(9-26)31-14)32-17(29)33-18(2,3)4;1-2-3-4-25-13(24)19-10-7(17)5-20(12(23)18-10)11-14(15,16)9(22)8(6-21)26-11/h5-6,12,14,18,33H,2-4,7-8H2,1H3,(H,29,30,34,35);8,11-12,14,26H,5-7,9H2,1-4H3,(H,23,24,27,28);5,8-9,11,21-22H,2-4,6H2,1H3,(H,18,19,23,24)/t12-,14?,18-;11-,12?,14-;8-,9?,11-/m111/s1. The van der Waals surface area contributed by atoms with Gasteiger partial charge in [-0.05, 0) is 114 Å². The number of alkyl halides is 6. The second-order valence-electron chi connectivity index (χ2n) is 21.6. The number of aliphatic hydroxyl groups excluding tert-OH is 4. The number of halogens is 12. The number of anilines is 3. The van der Waals surface area contributed by atoms with Crippen LogP contribution in [0.15, 0.2) is 39.0 Å². The molecule has 98 heavy (non-hydrogen) atoms. The smallest absolute Gasteiger partial charge is 0.465 e. The quantitative estimate of drug-likeness (QED) is 0.00918. The highest BCUT2D eigenvalue weighted by molar-refractivity contribution is 14.1. The molecule has 0 spiro atoms. The third kappa shape index (κ3) is 22.3. The van der Waals surface area contributed by atoms with Crippen molar-refractivity contribution in [1.82, 2.24) is 33.6 Å². The van der Waals surface area contributed by atoms with E-state index in [0.29, 0.717) is 33.0 Å². The maximum Gasteiger partial charge on any atom is 0.509 e. The summed E-state index contributed by atoms with van der Waals surface area (Å²) in [5, 5.41) is 44.8. The number of ether oxygens (including phenoxy) is 10. The first-order valence-corrected chi connectivity index (χ1v) is 33.3. The molecule has 9 atom stereocenters. The third-order valence-electron chi connectivity index (χ3n) is 13.0. The van der Waals surface area contributed by atoms with Gasteiger partial charge in [-0.1, -0.05) is 74.8 Å². The summed E-state index contributed by atoms with van der Waals surface area (Å²) in [4.78, 5) is 111. The first kappa shape index (κ1) is 83.2. The molecule has 3 fully saturated rings. The van der Waals surface area contributed by atoms with Gasteiger partial charge in [0.15, 0.2) is 41.4 Å². The van der Waals surface area contributed by atoms with E-state index in [1.165, 1.54) is 26.8 Å². The predicted molar refractivity (Wildman–Crippen MR) is 353 cm³/mol. The fourth-order valence-corrected chi connectivity index (χ4v) is 10.4. The van der Waals surface area contributed by atoms with Gasteiger partial charge in [-0.15, -0.1) is 0 Å². The lowest BCUT2D eigenvalue weighted by Crippen LogP contribution is -2.45. The molecule has 7 N–H and O–H groups in total. The molecule has 3 saturated heterocycles. The van der Waals surface area contributed by atoms with E-state index >= 15 is 8.78 Å². The van der Waals surface area contributed by atoms with Gasteiger partial charge in [-0.25, -0.2) is 38.4 Å². The number of nitrogens with zero attached hydrogens (tertiary/aromatic N) is 7. The van der Waals surface area contributed by atoms with Gasteiger partial charge in [0.25, 0.3) is 0 Å². The first-order chi connectivity index (χ1) is 45.9. The topological polar surface area (TPSA) is 412 Å². The van der Waals surface area contributed by atoms with Crippen LogP contribution in [0.1, 0.15) is 98.8 Å². The van der Waals surface area contributed by atoms with Crippen LogP contribution < -0.4 is 37.8 Å². The number of nitrogens with one attached hydrogen (secondary N) is 3. The fraction of sp³-hybridized carbons (Fsp3) is 0.593. The molecule has 546 valence electrons. The summed E-state index contributed by atoms with van der Waals surface area (Å²) < 4.78 is 140. The minimum Gasteiger partial charge on any atom is -0.465 e. The van der Waals surface area contributed by atoms with E-state index in [9.17, 15) is 71.2 Å². The number of unbranched alkanes of at least 4 members (excludes halogenated alkanes) is 3. The van der Waals surface area contributed by atoms with Crippen molar-refractivity contribution >= 4 is 150 Å². The highest BCUT2D eigenvalue weighted by Gasteiger charge is 2.64. The number of rotatable bonds is 23. The number of carbonyl (C=O) groups excluding carboxylic acids is 5. The Labute approximate surface area is 606 Å². The van der Waals surface area contributed by atoms with Crippen LogP contribution in [0.2, 0.25) is 15.2 Å². The Morgan fingerprint density at radius 3 is 1.35 bits per heavy atom. The molecule has 3 aliphatic heterocycles. The van der Waals surface area contributed by atoms with Gasteiger partial charge in [0.2, 0.25) is 30.7 Å². The summed E-state index contributed by atoms with van der Waals surface area (Å²) in [7, 11) is 0. The van der Waals surface area contributed by atoms with E-state index in [-0.39, 0.29) is 69.1 Å². The fourth-order valence-electron chi connectivity index (χ4n) is 8.16. The van der Waals surface area contributed by atoms with E-state index in [1.54, 1.807) is 67.8 Å². The maximum atomic E-state index is 15.1. The van der Waals surface area contributed by atoms with Crippen molar-refractivity contribution in [2.24, 2.45) is 0 Å². The minimum atomic E-state index is -3.98. The number of hydrogen-bond donors (Lipinski definition) is 7. The van der Waals surface area contributed by atoms with Gasteiger partial charge in [-0.2, -0.15) is 46.3 Å². The highest BCUT2D eigenvalue weighted by Crippen LogP contribution is 2.46. The maximum absolute atomic E-state index is 15.1. The van der Waals surface area contributed by atoms with Gasteiger partial charge in [0.1, 0.15) is 35.5 Å². The lowest BCUT2D eigenvalue weighted by molar-refractivity contribution is -0.152. The number of pyridine rings is 1. The number of aromatic nitrogens is 7. The normalized spacial score (nSPS) is 21.8. The zero-order chi connectivity index (χ0) is 73.4. The summed E-state index contributed by atoms with van der Waals surface area (Å²) in [6.45, 7) is 7.51. The predicted octanol–water partition coefficient (Wildman–Crippen LogP) is 8.19. The summed E-state index contributed by atoms with van der Waals surface area (Å²) in [6, 6.07) is 1.24. The van der Waals surface area contributed by atoms with Gasteiger partial charge in [0.05, 0.1) is 48.8 Å². The van der Waals surface area contributed by atoms with Crippen molar-refractivity contribution < 1.29 is 118 Å². The summed E-state index contributed by atoms with van der Waals surface area (Å²) in [5.41, 5.74) is -4.49. The molecule has 7 heterocycles. The second kappa shape index (κ2) is 36.9. The molecular weight excluding hydrogens is 1740 g/mol. The van der Waals surface area contributed by atoms with Crippen LogP contribution in [0, 0.1) is 10.7 Å². The van der Waals surface area contributed by atoms with E-state index in [4.69, 9.17) is 87.3 Å². The Kier molecular flexibility index (Phi) is 31.3. The van der Waals surface area contributed by atoms with Crippen molar-refractivity contribution in [2.45, 2.75) is 159 Å². The van der Waals surface area contributed by atoms with Crippen molar-refractivity contribution in [2.75, 3.05) is 62.2 Å². The van der Waals surface area contributed by atoms with Crippen LogP contribution in [0.5, 0.6) is 5.88 Å². The van der Waals surface area contributed by atoms with E-state index in [2.05, 4.69) is 35.9 Å². The van der Waals surface area contributed by atoms with Crippen LogP contribution in [-0.2, 0) is 47.4 Å². The minimum absolute atomic E-state index is 0.0440. The summed E-state index contributed by atoms with van der Waals surface area (Å²) >= 11 is 22.5. The molecule has 7 rings (SSSR count). The molecule has 0 aliphatic carbocycles. The molecule has 0 aromatic carbocycles. The lowest BCUT2D eigenvalue weighted by atomic mass is 10.1. The van der Waals surface area contributed by atoms with Gasteiger partial charge >= 0.3 is 65.2 Å². The Balaban J connectivity index is 0.000000271. The van der Waals surface area contributed by atoms with Crippen LogP contribution >= 0.6 is 103 Å².